The van der Waals surface area contributed by atoms with Crippen LogP contribution in [-0.4, -0.2) is 36.6 Å². The van der Waals surface area contributed by atoms with E-state index >= 15 is 0 Å². The molecule has 0 aromatic rings. The maximum absolute atomic E-state index is 8.89. The summed E-state index contributed by atoms with van der Waals surface area (Å²) in [4.78, 5) is 8.89. The summed E-state index contributed by atoms with van der Waals surface area (Å²) in [5, 5.41) is 8.89. The monoisotopic (exact) mass is 371 g/mol. The quantitative estimate of drug-likeness (QED) is 0.243. The third-order valence-electron chi connectivity index (χ3n) is 5.19. The van der Waals surface area contributed by atoms with Crippen LogP contribution in [0.15, 0.2) is 0 Å². The number of unbranched alkanes of at least 4 members (excludes halogenated alkanes) is 9. The highest BCUT2D eigenvalue weighted by atomic mass is 16.4. The highest BCUT2D eigenvalue weighted by molar-refractivity contribution is 5.60. The highest BCUT2D eigenvalue weighted by Crippen LogP contribution is 2.17. The molecule has 0 heterocycles. The van der Waals surface area contributed by atoms with E-state index in [0.717, 1.165) is 6.92 Å². The van der Waals surface area contributed by atoms with Crippen LogP contribution in [0.2, 0.25) is 0 Å². The number of hydrogen-bond donors (Lipinski definition) is 0. The molecule has 0 aliphatic rings. The smallest absolute Gasteiger partial charge is 0.0786 e. The van der Waals surface area contributed by atoms with E-state index in [1.807, 2.05) is 0 Å². The predicted molar refractivity (Wildman–Crippen MR) is 113 cm³/mol. The van der Waals surface area contributed by atoms with E-state index in [1.54, 1.807) is 0 Å². The van der Waals surface area contributed by atoms with E-state index in [9.17, 15) is 0 Å². The molecule has 0 radical (unpaired) electrons. The Bertz CT molecular complexity index is 266. The van der Waals surface area contributed by atoms with Crippen LogP contribution in [0.25, 0.3) is 0 Å². The molecule has 26 heavy (non-hydrogen) atoms. The van der Waals surface area contributed by atoms with Crippen molar-refractivity contribution in [1.29, 1.82) is 0 Å². The van der Waals surface area contributed by atoms with Gasteiger partial charge < -0.3 is 14.4 Å². The molecule has 0 spiro atoms. The van der Waals surface area contributed by atoms with E-state index < -0.39 is 5.97 Å². The lowest BCUT2D eigenvalue weighted by Gasteiger charge is -2.39. The first-order valence-corrected chi connectivity index (χ1v) is 11.5. The molecule has 0 saturated heterocycles. The van der Waals surface area contributed by atoms with E-state index in [2.05, 4.69) is 27.7 Å². The Morgan fingerprint density at radius 2 is 0.846 bits per heavy atom. The molecule has 0 fully saturated rings. The van der Waals surface area contributed by atoms with Gasteiger partial charge in [0.15, 0.2) is 0 Å². The zero-order chi connectivity index (χ0) is 20.1. The molecule has 0 saturated carbocycles. The zero-order valence-electron chi connectivity index (χ0n) is 18.8. The average Bonchev–Trinajstić information content (AvgIpc) is 2.61. The van der Waals surface area contributed by atoms with Gasteiger partial charge in [0.2, 0.25) is 0 Å². The minimum absolute atomic E-state index is 0.972. The van der Waals surface area contributed by atoms with Gasteiger partial charge in [-0.05, 0) is 39.0 Å². The fraction of sp³-hybridized carbons (Fsp3) is 0.957. The molecular weight excluding hydrogens is 322 g/mol. The van der Waals surface area contributed by atoms with Crippen molar-refractivity contribution in [1.82, 2.24) is 0 Å². The fourth-order valence-corrected chi connectivity index (χ4v) is 3.56. The highest BCUT2D eigenvalue weighted by Gasteiger charge is 2.24. The standard InChI is InChI=1S/C21H46N.C2H4O2/c1-5-9-13-14-15-16-17-21-22(18-10-6-2,19-11-7-3)20-12-8-4;1-2(3)4/h5-21H2,1-4H3;1H3,(H,3,4)/q+1;/p-1. The molecule has 0 bridgehead atoms. The Kier molecular flexibility index (Phi) is 22.1. The van der Waals surface area contributed by atoms with Crippen molar-refractivity contribution in [3.8, 4) is 0 Å². The van der Waals surface area contributed by atoms with Crippen molar-refractivity contribution in [2.75, 3.05) is 26.2 Å². The van der Waals surface area contributed by atoms with E-state index in [-0.39, 0.29) is 0 Å². The van der Waals surface area contributed by atoms with E-state index in [4.69, 9.17) is 9.90 Å². The molecule has 0 aromatic heterocycles. The maximum atomic E-state index is 8.89. The predicted octanol–water partition coefficient (Wildman–Crippen LogP) is 5.71. The first-order valence-electron chi connectivity index (χ1n) is 11.5. The van der Waals surface area contributed by atoms with Gasteiger partial charge in [-0.2, -0.15) is 0 Å². The van der Waals surface area contributed by atoms with Crippen molar-refractivity contribution in [2.45, 2.75) is 118 Å². The van der Waals surface area contributed by atoms with Gasteiger partial charge in [0, 0.05) is 5.97 Å². The summed E-state index contributed by atoms with van der Waals surface area (Å²) in [6.07, 6.45) is 18.4. The molecule has 0 aliphatic heterocycles. The number of aliphatic carboxylic acids is 1. The van der Waals surface area contributed by atoms with Gasteiger partial charge in [-0.15, -0.1) is 0 Å². The van der Waals surface area contributed by atoms with Crippen LogP contribution >= 0.6 is 0 Å². The van der Waals surface area contributed by atoms with Crippen LogP contribution in [0.1, 0.15) is 118 Å². The second-order valence-corrected chi connectivity index (χ2v) is 7.91. The molecule has 0 unspecified atom stereocenters. The lowest BCUT2D eigenvalue weighted by atomic mass is 10.1. The Hall–Kier alpha value is -0.570. The lowest BCUT2D eigenvalue weighted by molar-refractivity contribution is -0.929. The molecule has 0 N–H and O–H groups in total. The van der Waals surface area contributed by atoms with Crippen LogP contribution in [0.4, 0.5) is 0 Å². The summed E-state index contributed by atoms with van der Waals surface area (Å²) >= 11 is 0. The van der Waals surface area contributed by atoms with Crippen molar-refractivity contribution in [2.24, 2.45) is 0 Å². The number of rotatable bonds is 17. The molecular formula is C23H49NO2. The summed E-state index contributed by atoms with van der Waals surface area (Å²) in [5.74, 6) is -1.08. The molecule has 0 amide bonds. The Morgan fingerprint density at radius 3 is 1.19 bits per heavy atom. The molecule has 0 aliphatic carbocycles. The number of carbonyl (C=O) groups is 1. The zero-order valence-corrected chi connectivity index (χ0v) is 18.8. The summed E-state index contributed by atoms with van der Waals surface area (Å²) in [6.45, 7) is 16.1. The van der Waals surface area contributed by atoms with Gasteiger partial charge in [-0.25, -0.2) is 0 Å². The van der Waals surface area contributed by atoms with Crippen molar-refractivity contribution in [3.63, 3.8) is 0 Å². The van der Waals surface area contributed by atoms with Crippen molar-refractivity contribution >= 4 is 5.97 Å². The number of carboxylic acids is 1. The van der Waals surface area contributed by atoms with Crippen LogP contribution in [-0.2, 0) is 4.79 Å². The van der Waals surface area contributed by atoms with Crippen LogP contribution in [0, 0.1) is 0 Å². The van der Waals surface area contributed by atoms with Gasteiger partial charge in [0.25, 0.3) is 0 Å². The van der Waals surface area contributed by atoms with E-state index in [0.29, 0.717) is 0 Å². The number of hydrogen-bond acceptors (Lipinski definition) is 2. The number of quaternary nitrogens is 1. The third kappa shape index (κ3) is 19.8. The van der Waals surface area contributed by atoms with Crippen LogP contribution in [0.3, 0.4) is 0 Å². The fourth-order valence-electron chi connectivity index (χ4n) is 3.56. The molecule has 0 atom stereocenters. The second-order valence-electron chi connectivity index (χ2n) is 7.91. The van der Waals surface area contributed by atoms with Gasteiger partial charge in [-0.1, -0.05) is 79.1 Å². The van der Waals surface area contributed by atoms with Gasteiger partial charge >= 0.3 is 0 Å². The number of carbonyl (C=O) groups excluding carboxylic acids is 1. The summed E-state index contributed by atoms with van der Waals surface area (Å²) < 4.78 is 1.44. The van der Waals surface area contributed by atoms with Crippen LogP contribution < -0.4 is 5.11 Å². The second kappa shape index (κ2) is 20.7. The number of nitrogens with zero attached hydrogens (tertiary/aromatic N) is 1. The molecule has 0 aromatic carbocycles. The average molecular weight is 372 g/mol. The first kappa shape index (κ1) is 27.6. The topological polar surface area (TPSA) is 40.1 Å². The van der Waals surface area contributed by atoms with Crippen molar-refractivity contribution < 1.29 is 14.4 Å². The van der Waals surface area contributed by atoms with E-state index in [1.165, 1.54) is 114 Å². The van der Waals surface area contributed by atoms with Gasteiger partial charge in [-0.3, -0.25) is 0 Å². The molecule has 3 nitrogen and oxygen atoms in total. The molecule has 0 rings (SSSR count). The van der Waals surface area contributed by atoms with Crippen molar-refractivity contribution in [3.05, 3.63) is 0 Å². The first-order chi connectivity index (χ1) is 12.5. The SMILES string of the molecule is CC(=O)[O-].CCCCCCCCC[N+](CCCC)(CCCC)CCCC. The molecule has 3 heteroatoms. The Labute approximate surface area is 165 Å². The minimum atomic E-state index is -1.08. The largest absolute Gasteiger partial charge is 0.550 e. The normalized spacial score (nSPS) is 11.1. The lowest BCUT2D eigenvalue weighted by Crippen LogP contribution is -2.50. The summed E-state index contributed by atoms with van der Waals surface area (Å²) in [6, 6.07) is 0. The third-order valence-corrected chi connectivity index (χ3v) is 5.19. The minimum Gasteiger partial charge on any atom is -0.550 e. The van der Waals surface area contributed by atoms with Gasteiger partial charge in [0.1, 0.15) is 0 Å². The Morgan fingerprint density at radius 1 is 0.577 bits per heavy atom. The van der Waals surface area contributed by atoms with Crippen LogP contribution in [0.5, 0.6) is 0 Å². The summed E-state index contributed by atoms with van der Waals surface area (Å²) in [5.41, 5.74) is 0. The van der Waals surface area contributed by atoms with Gasteiger partial charge in [0.05, 0.1) is 26.2 Å². The molecule has 158 valence electrons. The summed E-state index contributed by atoms with van der Waals surface area (Å²) in [7, 11) is 0. The number of carboxylic acid groups (broad SMARTS) is 1. The Balaban J connectivity index is 0. The maximum Gasteiger partial charge on any atom is 0.0786 e.